The largest absolute Gasteiger partial charge is 0.459 e. The van der Waals surface area contributed by atoms with Gasteiger partial charge in [-0.3, -0.25) is 24.0 Å². The number of rotatable bonds is 17. The molecular weight excluding hydrogens is 600 g/mol. The quantitative estimate of drug-likeness (QED) is 0.174. The first-order valence-corrected chi connectivity index (χ1v) is 17.1. The zero-order valence-corrected chi connectivity index (χ0v) is 27.3. The van der Waals surface area contributed by atoms with E-state index in [0.29, 0.717) is 25.3 Å². The van der Waals surface area contributed by atoms with Crippen molar-refractivity contribution in [2.45, 2.75) is 89.3 Å². The molecule has 2 atom stereocenters. The standard InChI is InChI=1S/C35H50N6O6.3H2/c42-31(24-38-34(45)29(22-26-12-4-1-5-13-26)40-35(46)30-17-11-21-47-30)36-25-32(43)39-28(16-10-20-41-18-8-3-9-19-41)33(44)37-23-27-14-6-2-7-15-27;;;/h2,6-7,11,14-15,17,21,26,28-29H,1,3-5,8-10,12-13,16,18-20,22-25H2,(H,36,42)(H,37,44)(H,38,45)(H,39,43)(H,40,46);3*1H/t28?,29-;;;/m0.../s1. The molecular formula is C35H56N6O6. The maximum absolute atomic E-state index is 13.1. The average molecular weight is 657 g/mol. The SMILES string of the molecule is O=C(CNC(=O)[C@H](CC1CCCCC1)NC(=O)c1ccco1)NCC(=O)NC(CCCN1CCCCC1)C(=O)NCc1ccccc1.[HH].[HH].[HH]. The number of nitrogens with zero attached hydrogens (tertiary/aromatic N) is 1. The Morgan fingerprint density at radius 3 is 2.19 bits per heavy atom. The fourth-order valence-electron chi connectivity index (χ4n) is 6.28. The first-order valence-electron chi connectivity index (χ1n) is 17.1. The Hall–Kier alpha value is -4.19. The molecule has 12 heteroatoms. The molecule has 1 aliphatic heterocycles. The van der Waals surface area contributed by atoms with Gasteiger partial charge in [0.05, 0.1) is 19.4 Å². The molecule has 5 N–H and O–H groups in total. The summed E-state index contributed by atoms with van der Waals surface area (Å²) in [5.74, 6) is -1.90. The zero-order valence-electron chi connectivity index (χ0n) is 27.3. The summed E-state index contributed by atoms with van der Waals surface area (Å²) in [5.41, 5.74) is 0.954. The Morgan fingerprint density at radius 2 is 1.47 bits per heavy atom. The van der Waals surface area contributed by atoms with Gasteiger partial charge in [-0.1, -0.05) is 68.9 Å². The number of benzene rings is 1. The van der Waals surface area contributed by atoms with Crippen LogP contribution in [0.1, 0.15) is 91.0 Å². The first kappa shape index (κ1) is 35.7. The molecule has 1 unspecified atom stereocenters. The van der Waals surface area contributed by atoms with E-state index in [-0.39, 0.29) is 29.0 Å². The molecule has 1 saturated heterocycles. The number of furan rings is 1. The van der Waals surface area contributed by atoms with E-state index in [2.05, 4.69) is 31.5 Å². The molecule has 5 amide bonds. The molecule has 1 aromatic carbocycles. The smallest absolute Gasteiger partial charge is 0.287 e. The Bertz CT molecular complexity index is 1290. The van der Waals surface area contributed by atoms with Gasteiger partial charge in [-0.25, -0.2) is 0 Å². The van der Waals surface area contributed by atoms with Crippen molar-refractivity contribution in [3.63, 3.8) is 0 Å². The minimum Gasteiger partial charge on any atom is -0.459 e. The minimum atomic E-state index is -0.827. The summed E-state index contributed by atoms with van der Waals surface area (Å²) >= 11 is 0. The topological polar surface area (TPSA) is 162 Å². The fourth-order valence-corrected chi connectivity index (χ4v) is 6.28. The number of likely N-dealkylation sites (tertiary alicyclic amines) is 1. The Kier molecular flexibility index (Phi) is 14.8. The second kappa shape index (κ2) is 19.5. The molecule has 2 aliphatic rings. The number of hydrogen-bond acceptors (Lipinski definition) is 7. The highest BCUT2D eigenvalue weighted by atomic mass is 16.3. The van der Waals surface area contributed by atoms with Crippen LogP contribution in [0.25, 0.3) is 0 Å². The lowest BCUT2D eigenvalue weighted by atomic mass is 9.84. The van der Waals surface area contributed by atoms with Crippen LogP contribution in [0.2, 0.25) is 0 Å². The summed E-state index contributed by atoms with van der Waals surface area (Å²) in [6.07, 6.45) is 12.0. The van der Waals surface area contributed by atoms with Crippen molar-refractivity contribution >= 4 is 29.5 Å². The first-order chi connectivity index (χ1) is 22.9. The number of nitrogens with one attached hydrogen (secondary N) is 5. The van der Waals surface area contributed by atoms with Crippen molar-refractivity contribution in [1.29, 1.82) is 0 Å². The Balaban J connectivity index is 0.00000417. The van der Waals surface area contributed by atoms with E-state index in [9.17, 15) is 24.0 Å². The molecule has 1 aromatic heterocycles. The van der Waals surface area contributed by atoms with Gasteiger partial charge >= 0.3 is 0 Å². The summed E-state index contributed by atoms with van der Waals surface area (Å²) in [5, 5.41) is 13.6. The normalized spacial score (nSPS) is 16.8. The maximum atomic E-state index is 13.1. The zero-order chi connectivity index (χ0) is 33.3. The number of hydrogen-bond donors (Lipinski definition) is 5. The fraction of sp³-hybridized carbons (Fsp3) is 0.571. The van der Waals surface area contributed by atoms with E-state index in [4.69, 9.17) is 4.42 Å². The van der Waals surface area contributed by atoms with Crippen molar-refractivity contribution in [2.75, 3.05) is 32.7 Å². The lowest BCUT2D eigenvalue weighted by molar-refractivity contribution is -0.130. The number of carbonyl (C=O) groups excluding carboxylic acids is 5. The molecule has 4 rings (SSSR count). The predicted octanol–water partition coefficient (Wildman–Crippen LogP) is 3.39. The number of amides is 5. The molecule has 2 heterocycles. The molecule has 47 heavy (non-hydrogen) atoms. The molecule has 1 aliphatic carbocycles. The molecule has 2 fully saturated rings. The average Bonchev–Trinajstić information content (AvgIpc) is 3.65. The van der Waals surface area contributed by atoms with Gasteiger partial charge in [-0.2, -0.15) is 0 Å². The predicted molar refractivity (Wildman–Crippen MR) is 183 cm³/mol. The molecule has 0 radical (unpaired) electrons. The molecule has 2 aromatic rings. The summed E-state index contributed by atoms with van der Waals surface area (Å²) in [7, 11) is 0. The Labute approximate surface area is 281 Å². The van der Waals surface area contributed by atoms with E-state index in [1.807, 2.05) is 30.3 Å². The summed E-state index contributed by atoms with van der Waals surface area (Å²) in [6, 6.07) is 11.1. The van der Waals surface area contributed by atoms with Gasteiger partial charge in [0.15, 0.2) is 5.76 Å². The summed E-state index contributed by atoms with van der Waals surface area (Å²) < 4.78 is 5.17. The van der Waals surface area contributed by atoms with Crippen LogP contribution in [-0.4, -0.2) is 79.2 Å². The number of carbonyl (C=O) groups is 5. The molecule has 0 bridgehead atoms. The van der Waals surface area contributed by atoms with Gasteiger partial charge in [0, 0.05) is 10.8 Å². The van der Waals surface area contributed by atoms with Gasteiger partial charge in [0.1, 0.15) is 12.1 Å². The van der Waals surface area contributed by atoms with Crippen LogP contribution in [0.4, 0.5) is 0 Å². The minimum absolute atomic E-state index is 0. The van der Waals surface area contributed by atoms with E-state index in [0.717, 1.165) is 63.7 Å². The highest BCUT2D eigenvalue weighted by molar-refractivity contribution is 5.96. The number of piperidine rings is 1. The third-order valence-electron chi connectivity index (χ3n) is 8.91. The lowest BCUT2D eigenvalue weighted by Crippen LogP contribution is -2.51. The van der Waals surface area contributed by atoms with Crippen molar-refractivity contribution in [3.8, 4) is 0 Å². The van der Waals surface area contributed by atoms with Crippen LogP contribution >= 0.6 is 0 Å². The highest BCUT2D eigenvalue weighted by Crippen LogP contribution is 2.27. The maximum Gasteiger partial charge on any atom is 0.287 e. The molecule has 0 spiro atoms. The van der Waals surface area contributed by atoms with Crippen LogP contribution < -0.4 is 26.6 Å². The van der Waals surface area contributed by atoms with Gasteiger partial charge < -0.3 is 35.9 Å². The summed E-state index contributed by atoms with van der Waals surface area (Å²) in [6.45, 7) is 2.61. The second-order valence-electron chi connectivity index (χ2n) is 12.6. The second-order valence-corrected chi connectivity index (χ2v) is 12.6. The highest BCUT2D eigenvalue weighted by Gasteiger charge is 2.27. The van der Waals surface area contributed by atoms with Crippen LogP contribution in [0, 0.1) is 5.92 Å². The lowest BCUT2D eigenvalue weighted by Gasteiger charge is -2.27. The Morgan fingerprint density at radius 1 is 0.766 bits per heavy atom. The molecule has 12 nitrogen and oxygen atoms in total. The van der Waals surface area contributed by atoms with E-state index >= 15 is 0 Å². The van der Waals surface area contributed by atoms with Crippen LogP contribution in [0.5, 0.6) is 0 Å². The monoisotopic (exact) mass is 656 g/mol. The molecule has 1 saturated carbocycles. The van der Waals surface area contributed by atoms with Crippen LogP contribution in [0.15, 0.2) is 53.1 Å². The van der Waals surface area contributed by atoms with E-state index in [1.54, 1.807) is 6.07 Å². The van der Waals surface area contributed by atoms with Crippen molar-refractivity contribution in [2.24, 2.45) is 5.92 Å². The van der Waals surface area contributed by atoms with E-state index in [1.165, 1.54) is 31.6 Å². The van der Waals surface area contributed by atoms with Gasteiger partial charge in [0.2, 0.25) is 23.6 Å². The molecule has 262 valence electrons. The van der Waals surface area contributed by atoms with E-state index < -0.39 is 35.7 Å². The van der Waals surface area contributed by atoms with Crippen molar-refractivity contribution in [1.82, 2.24) is 31.5 Å². The third-order valence-corrected chi connectivity index (χ3v) is 8.91. The van der Waals surface area contributed by atoms with Gasteiger partial charge in [-0.15, -0.1) is 0 Å². The van der Waals surface area contributed by atoms with Crippen LogP contribution in [-0.2, 0) is 25.7 Å². The van der Waals surface area contributed by atoms with Crippen molar-refractivity contribution < 1.29 is 32.7 Å². The van der Waals surface area contributed by atoms with Crippen molar-refractivity contribution in [3.05, 3.63) is 60.1 Å². The van der Waals surface area contributed by atoms with Gasteiger partial charge in [0.25, 0.3) is 5.91 Å². The summed E-state index contributed by atoms with van der Waals surface area (Å²) in [4.78, 5) is 66.7. The third kappa shape index (κ3) is 12.8. The van der Waals surface area contributed by atoms with Gasteiger partial charge in [-0.05, 0) is 75.4 Å². The van der Waals surface area contributed by atoms with Crippen LogP contribution in [0.3, 0.4) is 0 Å².